The summed E-state index contributed by atoms with van der Waals surface area (Å²) in [5.41, 5.74) is 2.68. The lowest BCUT2D eigenvalue weighted by molar-refractivity contribution is -0.253. The largest absolute Gasteiger partial charge is 0.481 e. The number of rotatable bonds is 12. The Hall–Kier alpha value is -3.31. The Balaban J connectivity index is 1.45. The smallest absolute Gasteiger partial charge is 0.323 e. The van der Waals surface area contributed by atoms with Gasteiger partial charge in [0.15, 0.2) is 6.29 Å². The number of aliphatic hydroxyl groups is 1. The van der Waals surface area contributed by atoms with Gasteiger partial charge in [0.2, 0.25) is 5.91 Å². The molecule has 3 N–H and O–H groups in total. The highest BCUT2D eigenvalue weighted by Crippen LogP contribution is 2.39. The maximum absolute atomic E-state index is 13.0. The van der Waals surface area contributed by atoms with Crippen LogP contribution < -0.4 is 5.32 Å². The van der Waals surface area contributed by atoms with Crippen molar-refractivity contribution in [1.29, 1.82) is 0 Å². The van der Waals surface area contributed by atoms with Gasteiger partial charge in [-0.2, -0.15) is 0 Å². The van der Waals surface area contributed by atoms with E-state index >= 15 is 0 Å². The van der Waals surface area contributed by atoms with Gasteiger partial charge in [-0.1, -0.05) is 36.4 Å². The molecule has 2 fully saturated rings. The molecule has 0 bridgehead atoms. The predicted molar refractivity (Wildman–Crippen MR) is 160 cm³/mol. The van der Waals surface area contributed by atoms with Gasteiger partial charge in [-0.25, -0.2) is 0 Å². The standard InChI is InChI=1S/C33H44N2O8/c1-33(2,3)43-31(40)27-7-6-18-35(27)20-26-19-28(23-12-10-22(21-36)11-13-23)42-32(41-26)24-14-16-25(17-15-24)34-29(37)8-4-5-9-30(38)39/h10-17,26-28,32,36H,4-9,18-21H2,1-3H3,(H,34,37)(H,38,39)/t26-,27-,28+,32+/m0/s1. The van der Waals surface area contributed by atoms with E-state index in [4.69, 9.17) is 19.3 Å². The molecule has 2 heterocycles. The van der Waals surface area contributed by atoms with Crippen molar-refractivity contribution in [2.75, 3.05) is 18.4 Å². The Labute approximate surface area is 253 Å². The van der Waals surface area contributed by atoms with Crippen LogP contribution in [0.4, 0.5) is 5.69 Å². The van der Waals surface area contributed by atoms with Gasteiger partial charge < -0.3 is 29.7 Å². The number of carboxylic acids is 1. The number of nitrogens with one attached hydrogen (secondary N) is 1. The number of esters is 1. The zero-order valence-electron chi connectivity index (χ0n) is 25.3. The molecule has 0 unspecified atom stereocenters. The molecule has 1 amide bonds. The fourth-order valence-electron chi connectivity index (χ4n) is 5.48. The number of carboxylic acid groups (broad SMARTS) is 1. The van der Waals surface area contributed by atoms with Crippen LogP contribution in [0, 0.1) is 0 Å². The second-order valence-electron chi connectivity index (χ2n) is 12.3. The van der Waals surface area contributed by atoms with Crippen molar-refractivity contribution >= 4 is 23.5 Å². The van der Waals surface area contributed by atoms with E-state index in [0.29, 0.717) is 31.5 Å². The van der Waals surface area contributed by atoms with E-state index in [9.17, 15) is 19.5 Å². The Bertz CT molecular complexity index is 1220. The molecule has 234 valence electrons. The Morgan fingerprint density at radius 2 is 1.65 bits per heavy atom. The predicted octanol–water partition coefficient (Wildman–Crippen LogP) is 5.11. The first kappa shape index (κ1) is 32.6. The highest BCUT2D eigenvalue weighted by molar-refractivity contribution is 5.90. The SMILES string of the molecule is CC(C)(C)OC(=O)[C@@H]1CCCN1C[C@@H]1C[C@H](c2ccc(CO)cc2)O[C@H](c2ccc(NC(=O)CCCCC(=O)O)cc2)O1. The number of unbranched alkanes of at least 4 members (excludes halogenated alkanes) is 1. The molecule has 2 saturated heterocycles. The van der Waals surface area contributed by atoms with Crippen LogP contribution in [0.5, 0.6) is 0 Å². The molecule has 43 heavy (non-hydrogen) atoms. The number of hydrogen-bond acceptors (Lipinski definition) is 8. The van der Waals surface area contributed by atoms with E-state index in [1.165, 1.54) is 0 Å². The van der Waals surface area contributed by atoms with Crippen LogP contribution in [-0.2, 0) is 35.2 Å². The molecule has 0 aromatic heterocycles. The number of benzene rings is 2. The quantitative estimate of drug-likeness (QED) is 0.226. The lowest BCUT2D eigenvalue weighted by Gasteiger charge is -2.38. The van der Waals surface area contributed by atoms with E-state index in [0.717, 1.165) is 36.1 Å². The zero-order valence-corrected chi connectivity index (χ0v) is 25.3. The van der Waals surface area contributed by atoms with Gasteiger partial charge in [-0.15, -0.1) is 0 Å². The molecule has 0 spiro atoms. The summed E-state index contributed by atoms with van der Waals surface area (Å²) in [4.78, 5) is 38.1. The number of nitrogens with zero attached hydrogens (tertiary/aromatic N) is 1. The van der Waals surface area contributed by atoms with Crippen LogP contribution in [-0.4, -0.2) is 63.8 Å². The lowest BCUT2D eigenvalue weighted by atomic mass is 9.99. The number of ether oxygens (including phenoxy) is 3. The number of aliphatic carboxylic acids is 1. The number of carbonyl (C=O) groups excluding carboxylic acids is 2. The number of likely N-dealkylation sites (tertiary alicyclic amines) is 1. The summed E-state index contributed by atoms with van der Waals surface area (Å²) in [6.07, 6.45) is 2.40. The van der Waals surface area contributed by atoms with E-state index < -0.39 is 17.9 Å². The van der Waals surface area contributed by atoms with E-state index in [2.05, 4.69) is 10.2 Å². The van der Waals surface area contributed by atoms with Crippen LogP contribution in [0.15, 0.2) is 48.5 Å². The van der Waals surface area contributed by atoms with E-state index in [1.807, 2.05) is 57.2 Å². The van der Waals surface area contributed by atoms with Gasteiger partial charge in [0.1, 0.15) is 11.6 Å². The summed E-state index contributed by atoms with van der Waals surface area (Å²) in [6.45, 7) is 6.94. The third-order valence-electron chi connectivity index (χ3n) is 7.61. The van der Waals surface area contributed by atoms with Crippen LogP contribution in [0.1, 0.15) is 94.8 Å². The second-order valence-corrected chi connectivity index (χ2v) is 12.3. The summed E-state index contributed by atoms with van der Waals surface area (Å²) in [7, 11) is 0. The minimum absolute atomic E-state index is 0.0353. The van der Waals surface area contributed by atoms with E-state index in [-0.39, 0.29) is 49.6 Å². The summed E-state index contributed by atoms with van der Waals surface area (Å²) >= 11 is 0. The summed E-state index contributed by atoms with van der Waals surface area (Å²) in [6, 6.07) is 14.7. The number of carbonyl (C=O) groups is 3. The maximum atomic E-state index is 13.0. The van der Waals surface area contributed by atoms with Crippen molar-refractivity contribution < 1.29 is 38.8 Å². The van der Waals surface area contributed by atoms with E-state index in [1.54, 1.807) is 12.1 Å². The first-order valence-corrected chi connectivity index (χ1v) is 15.1. The van der Waals surface area contributed by atoms with Crippen molar-refractivity contribution in [3.05, 3.63) is 65.2 Å². The highest BCUT2D eigenvalue weighted by Gasteiger charge is 2.38. The first-order chi connectivity index (χ1) is 20.5. The lowest BCUT2D eigenvalue weighted by Crippen LogP contribution is -2.45. The third-order valence-corrected chi connectivity index (χ3v) is 7.61. The first-order valence-electron chi connectivity index (χ1n) is 15.1. The van der Waals surface area contributed by atoms with Crippen molar-refractivity contribution in [2.45, 2.75) is 102 Å². The molecule has 0 saturated carbocycles. The molecule has 10 heteroatoms. The minimum atomic E-state index is -0.863. The summed E-state index contributed by atoms with van der Waals surface area (Å²) < 4.78 is 18.6. The van der Waals surface area contributed by atoms with Gasteiger partial charge in [0.25, 0.3) is 0 Å². The van der Waals surface area contributed by atoms with Gasteiger partial charge in [0.05, 0.1) is 18.8 Å². The molecular weight excluding hydrogens is 552 g/mol. The van der Waals surface area contributed by atoms with Crippen molar-refractivity contribution in [2.24, 2.45) is 0 Å². The van der Waals surface area contributed by atoms with Crippen LogP contribution in [0.3, 0.4) is 0 Å². The van der Waals surface area contributed by atoms with Crippen molar-refractivity contribution in [1.82, 2.24) is 4.90 Å². The molecule has 0 aliphatic carbocycles. The normalized spacial score (nSPS) is 22.7. The molecule has 0 radical (unpaired) electrons. The second kappa shape index (κ2) is 14.9. The minimum Gasteiger partial charge on any atom is -0.481 e. The van der Waals surface area contributed by atoms with Gasteiger partial charge in [-0.05, 0) is 76.3 Å². The van der Waals surface area contributed by atoms with Crippen LogP contribution in [0.25, 0.3) is 0 Å². The molecule has 2 aromatic rings. The monoisotopic (exact) mass is 596 g/mol. The average molecular weight is 597 g/mol. The molecule has 10 nitrogen and oxygen atoms in total. The van der Waals surface area contributed by atoms with Gasteiger partial charge in [0, 0.05) is 37.1 Å². The Morgan fingerprint density at radius 1 is 0.977 bits per heavy atom. The van der Waals surface area contributed by atoms with Crippen molar-refractivity contribution in [3.8, 4) is 0 Å². The van der Waals surface area contributed by atoms with Gasteiger partial charge in [-0.3, -0.25) is 19.3 Å². The topological polar surface area (TPSA) is 135 Å². The number of amides is 1. The highest BCUT2D eigenvalue weighted by atomic mass is 16.7. The summed E-state index contributed by atoms with van der Waals surface area (Å²) in [5.74, 6) is -1.23. The fraction of sp³-hybridized carbons (Fsp3) is 0.545. The maximum Gasteiger partial charge on any atom is 0.323 e. The zero-order chi connectivity index (χ0) is 31.0. The molecule has 2 aliphatic rings. The molecule has 4 atom stereocenters. The molecule has 4 rings (SSSR count). The third kappa shape index (κ3) is 9.86. The molecular formula is C33H44N2O8. The number of hydrogen-bond donors (Lipinski definition) is 3. The Kier molecular flexibility index (Phi) is 11.3. The van der Waals surface area contributed by atoms with Crippen LogP contribution in [0.2, 0.25) is 0 Å². The Morgan fingerprint density at radius 3 is 2.30 bits per heavy atom. The number of anilines is 1. The van der Waals surface area contributed by atoms with Gasteiger partial charge >= 0.3 is 11.9 Å². The number of aliphatic hydroxyl groups excluding tert-OH is 1. The fourth-order valence-corrected chi connectivity index (χ4v) is 5.48. The molecule has 2 aromatic carbocycles. The van der Waals surface area contributed by atoms with Crippen LogP contribution >= 0.6 is 0 Å². The average Bonchev–Trinajstić information content (AvgIpc) is 3.43. The summed E-state index contributed by atoms with van der Waals surface area (Å²) in [5, 5.41) is 21.1. The van der Waals surface area contributed by atoms with Crippen molar-refractivity contribution in [3.63, 3.8) is 0 Å². The molecule has 2 aliphatic heterocycles.